The quantitative estimate of drug-likeness (QED) is 0.643. The maximum atomic E-state index is 12.2. The monoisotopic (exact) mass is 431 g/mol. The highest BCUT2D eigenvalue weighted by Gasteiger charge is 2.27. The summed E-state index contributed by atoms with van der Waals surface area (Å²) in [6, 6.07) is 11.8. The second-order valence-electron chi connectivity index (χ2n) is 6.31. The molecule has 1 atom stereocenters. The Morgan fingerprint density at radius 2 is 2.10 bits per heavy atom. The molecule has 2 aromatic carbocycles. The number of carbonyl (C=O) groups is 2. The average Bonchev–Trinajstić information content (AvgIpc) is 3.18. The van der Waals surface area contributed by atoms with Gasteiger partial charge in [0.2, 0.25) is 11.9 Å². The Bertz CT molecular complexity index is 1090. The van der Waals surface area contributed by atoms with Crippen molar-refractivity contribution < 1.29 is 14.3 Å². The maximum absolute atomic E-state index is 12.2. The molecule has 0 radical (unpaired) electrons. The number of ether oxygens (including phenoxy) is 1. The van der Waals surface area contributed by atoms with E-state index in [0.29, 0.717) is 22.4 Å². The van der Waals surface area contributed by atoms with Crippen LogP contribution in [0.3, 0.4) is 0 Å². The third-order valence-corrected chi connectivity index (χ3v) is 5.16. The molecule has 0 aliphatic carbocycles. The number of amides is 2. The molecule has 2 N–H and O–H groups in total. The number of benzene rings is 2. The van der Waals surface area contributed by atoms with E-state index in [1.807, 2.05) is 6.07 Å². The molecule has 2 heterocycles. The van der Waals surface area contributed by atoms with Gasteiger partial charge in [0.25, 0.3) is 5.91 Å². The van der Waals surface area contributed by atoms with Crippen LogP contribution in [0, 0.1) is 0 Å². The van der Waals surface area contributed by atoms with Crippen molar-refractivity contribution in [2.45, 2.75) is 12.5 Å². The first-order chi connectivity index (χ1) is 14.0. The number of rotatable bonds is 5. The fraction of sp³-hybridized carbons (Fsp3) is 0.158. The zero-order valence-electron chi connectivity index (χ0n) is 14.9. The number of hydrogen-bond donors (Lipinski definition) is 2. The lowest BCUT2D eigenvalue weighted by atomic mass is 10.0. The molecule has 4 rings (SSSR count). The van der Waals surface area contributed by atoms with Gasteiger partial charge < -0.3 is 10.1 Å². The van der Waals surface area contributed by atoms with Crippen molar-refractivity contribution in [1.29, 1.82) is 0 Å². The fourth-order valence-electron chi connectivity index (χ4n) is 3.01. The summed E-state index contributed by atoms with van der Waals surface area (Å²) < 4.78 is 7.25. The van der Waals surface area contributed by atoms with Gasteiger partial charge in [0, 0.05) is 0 Å². The lowest BCUT2D eigenvalue weighted by Crippen LogP contribution is -2.29. The van der Waals surface area contributed by atoms with Gasteiger partial charge in [-0.25, -0.2) is 4.68 Å². The van der Waals surface area contributed by atoms with Gasteiger partial charge in [-0.3, -0.25) is 14.9 Å². The number of halogens is 2. The molecule has 0 saturated heterocycles. The molecule has 3 aromatic rings. The van der Waals surface area contributed by atoms with E-state index < -0.39 is 0 Å². The summed E-state index contributed by atoms with van der Waals surface area (Å²) in [5.74, 6) is 0.368. The second kappa shape index (κ2) is 8.10. The standard InChI is InChI=1S/C19H15Cl2N5O3/c20-13-5-2-6-14(18(13)21)24-17(28)9-29-12-4-1-3-11(7-12)15-8-16(27)25-19-22-10-23-26(15)19/h1-7,10,15H,8-9H2,(H,24,28)(H,22,23,25,27)/t15-/m0/s1. The van der Waals surface area contributed by atoms with Crippen molar-refractivity contribution in [1.82, 2.24) is 14.8 Å². The lowest BCUT2D eigenvalue weighted by molar-refractivity contribution is -0.118. The van der Waals surface area contributed by atoms with E-state index >= 15 is 0 Å². The topological polar surface area (TPSA) is 98.1 Å². The molecular weight excluding hydrogens is 417 g/mol. The summed E-state index contributed by atoms with van der Waals surface area (Å²) >= 11 is 12.0. The Morgan fingerprint density at radius 1 is 1.28 bits per heavy atom. The van der Waals surface area contributed by atoms with E-state index in [9.17, 15) is 9.59 Å². The summed E-state index contributed by atoms with van der Waals surface area (Å²) in [4.78, 5) is 28.2. The van der Waals surface area contributed by atoms with E-state index in [1.165, 1.54) is 6.33 Å². The fourth-order valence-corrected chi connectivity index (χ4v) is 3.36. The third-order valence-electron chi connectivity index (χ3n) is 4.34. The number of nitrogens with one attached hydrogen (secondary N) is 2. The Balaban J connectivity index is 1.44. The van der Waals surface area contributed by atoms with Crippen molar-refractivity contribution >= 4 is 46.7 Å². The normalized spacial score (nSPS) is 15.4. The molecule has 1 aromatic heterocycles. The van der Waals surface area contributed by atoms with Gasteiger partial charge in [0.15, 0.2) is 6.61 Å². The van der Waals surface area contributed by atoms with Gasteiger partial charge in [-0.2, -0.15) is 10.1 Å². The number of fused-ring (bicyclic) bond motifs is 1. The van der Waals surface area contributed by atoms with Gasteiger partial charge in [0.1, 0.15) is 12.1 Å². The average molecular weight is 432 g/mol. The minimum absolute atomic E-state index is 0.139. The SMILES string of the molecule is O=C(COc1cccc([C@@H]2CC(=O)Nc3ncnn32)c1)Nc1cccc(Cl)c1Cl. The van der Waals surface area contributed by atoms with E-state index in [-0.39, 0.29) is 35.9 Å². The first-order valence-electron chi connectivity index (χ1n) is 8.67. The molecule has 0 unspecified atom stereocenters. The minimum Gasteiger partial charge on any atom is -0.484 e. The van der Waals surface area contributed by atoms with Crippen molar-refractivity contribution in [2.75, 3.05) is 17.2 Å². The number of anilines is 2. The number of nitrogens with zero attached hydrogens (tertiary/aromatic N) is 3. The maximum Gasteiger partial charge on any atom is 0.262 e. The van der Waals surface area contributed by atoms with Crippen LogP contribution in [0.5, 0.6) is 5.75 Å². The number of hydrogen-bond acceptors (Lipinski definition) is 5. The van der Waals surface area contributed by atoms with Crippen LogP contribution in [-0.2, 0) is 9.59 Å². The number of carbonyl (C=O) groups excluding carboxylic acids is 2. The van der Waals surface area contributed by atoms with Crippen molar-refractivity contribution in [3.8, 4) is 5.75 Å². The Labute approximate surface area is 175 Å². The third kappa shape index (κ3) is 4.18. The molecule has 148 valence electrons. The molecular formula is C19H15Cl2N5O3. The van der Waals surface area contributed by atoms with Gasteiger partial charge in [-0.15, -0.1) is 0 Å². The summed E-state index contributed by atoms with van der Waals surface area (Å²) in [6.07, 6.45) is 1.62. The predicted octanol–water partition coefficient (Wildman–Crippen LogP) is 3.53. The smallest absolute Gasteiger partial charge is 0.262 e. The Kier molecular flexibility index (Phi) is 5.37. The van der Waals surface area contributed by atoms with E-state index in [1.54, 1.807) is 41.1 Å². The second-order valence-corrected chi connectivity index (χ2v) is 7.09. The molecule has 10 heteroatoms. The van der Waals surface area contributed by atoms with Crippen LogP contribution >= 0.6 is 23.2 Å². The first kappa shape index (κ1) is 19.2. The van der Waals surface area contributed by atoms with Crippen molar-refractivity contribution in [2.24, 2.45) is 0 Å². The molecule has 0 saturated carbocycles. The zero-order chi connectivity index (χ0) is 20.4. The van der Waals surface area contributed by atoms with Gasteiger partial charge in [-0.05, 0) is 29.8 Å². The summed E-state index contributed by atoms with van der Waals surface area (Å²) in [5.41, 5.74) is 1.23. The van der Waals surface area contributed by atoms with Crippen LogP contribution in [0.1, 0.15) is 18.0 Å². The lowest BCUT2D eigenvalue weighted by Gasteiger charge is -2.24. The summed E-state index contributed by atoms with van der Waals surface area (Å²) in [5, 5.41) is 10.1. The Morgan fingerprint density at radius 3 is 2.97 bits per heavy atom. The largest absolute Gasteiger partial charge is 0.484 e. The van der Waals surface area contributed by atoms with Crippen LogP contribution in [0.4, 0.5) is 11.6 Å². The molecule has 2 amide bonds. The van der Waals surface area contributed by atoms with Crippen LogP contribution in [0.25, 0.3) is 0 Å². The van der Waals surface area contributed by atoms with Crippen molar-refractivity contribution in [3.63, 3.8) is 0 Å². The molecule has 0 spiro atoms. The zero-order valence-corrected chi connectivity index (χ0v) is 16.4. The molecule has 29 heavy (non-hydrogen) atoms. The molecule has 1 aliphatic rings. The van der Waals surface area contributed by atoms with Crippen LogP contribution in [0.15, 0.2) is 48.8 Å². The van der Waals surface area contributed by atoms with Crippen LogP contribution in [0.2, 0.25) is 10.0 Å². The van der Waals surface area contributed by atoms with Crippen LogP contribution in [-0.4, -0.2) is 33.2 Å². The van der Waals surface area contributed by atoms with Gasteiger partial charge in [-0.1, -0.05) is 41.4 Å². The molecule has 0 fully saturated rings. The highest BCUT2D eigenvalue weighted by Crippen LogP contribution is 2.31. The van der Waals surface area contributed by atoms with Crippen LogP contribution < -0.4 is 15.4 Å². The van der Waals surface area contributed by atoms with Gasteiger partial charge in [0.05, 0.1) is 28.2 Å². The molecule has 8 nitrogen and oxygen atoms in total. The highest BCUT2D eigenvalue weighted by atomic mass is 35.5. The summed E-state index contributed by atoms with van der Waals surface area (Å²) in [6.45, 7) is -0.216. The van der Waals surface area contributed by atoms with Gasteiger partial charge >= 0.3 is 0 Å². The predicted molar refractivity (Wildman–Crippen MR) is 108 cm³/mol. The van der Waals surface area contributed by atoms with E-state index in [4.69, 9.17) is 27.9 Å². The Hall–Kier alpha value is -3.10. The minimum atomic E-state index is -0.379. The van der Waals surface area contributed by atoms with E-state index in [0.717, 1.165) is 5.56 Å². The summed E-state index contributed by atoms with van der Waals surface area (Å²) in [7, 11) is 0. The van der Waals surface area contributed by atoms with Crippen molar-refractivity contribution in [3.05, 3.63) is 64.4 Å². The number of aromatic nitrogens is 3. The molecule has 1 aliphatic heterocycles. The first-order valence-corrected chi connectivity index (χ1v) is 9.43. The van der Waals surface area contributed by atoms with E-state index in [2.05, 4.69) is 20.7 Å². The highest BCUT2D eigenvalue weighted by molar-refractivity contribution is 6.44. The molecule has 0 bridgehead atoms.